The summed E-state index contributed by atoms with van der Waals surface area (Å²) in [5, 5.41) is 16.9. The molecule has 15 nitrogen and oxygen atoms in total. The third kappa shape index (κ3) is 14.2. The van der Waals surface area contributed by atoms with E-state index in [0.29, 0.717) is 5.56 Å². The van der Waals surface area contributed by atoms with Gasteiger partial charge in [0.1, 0.15) is 23.6 Å². The van der Waals surface area contributed by atoms with Gasteiger partial charge in [-0.2, -0.15) is 0 Å². The van der Waals surface area contributed by atoms with E-state index in [1.807, 2.05) is 0 Å². The van der Waals surface area contributed by atoms with E-state index in [4.69, 9.17) is 18.7 Å². The molecule has 0 bridgehead atoms. The molecular formula is C31H43N4O11P. The second kappa shape index (κ2) is 16.4. The highest BCUT2D eigenvalue weighted by Crippen LogP contribution is 2.53. The molecule has 3 unspecified atom stereocenters. The molecule has 2 rings (SSSR count). The topological polar surface area (TPSA) is 211 Å². The molecule has 2 aromatic carbocycles. The zero-order valence-corrected chi connectivity index (χ0v) is 28.5. The molecule has 3 atom stereocenters. The van der Waals surface area contributed by atoms with Gasteiger partial charge < -0.3 is 29.5 Å². The molecule has 0 aliphatic carbocycles. The number of benzene rings is 2. The van der Waals surface area contributed by atoms with Crippen molar-refractivity contribution in [3.05, 3.63) is 65.7 Å². The van der Waals surface area contributed by atoms with Gasteiger partial charge in [-0.05, 0) is 70.7 Å². The summed E-state index contributed by atoms with van der Waals surface area (Å²) in [5.41, 5.74) is -1.18. The van der Waals surface area contributed by atoms with Crippen LogP contribution in [0.3, 0.4) is 0 Å². The van der Waals surface area contributed by atoms with Crippen LogP contribution < -0.4 is 16.0 Å². The number of hydrogen-bond donors (Lipinski definition) is 5. The molecule has 0 aliphatic heterocycles. The largest absolute Gasteiger partial charge is 0.479 e. The second-order valence-electron chi connectivity index (χ2n) is 12.6. The molecule has 3 amide bonds. The van der Waals surface area contributed by atoms with Gasteiger partial charge in [0.2, 0.25) is 5.96 Å². The third-order valence-electron chi connectivity index (χ3n) is 5.59. The van der Waals surface area contributed by atoms with Gasteiger partial charge in [-0.3, -0.25) is 19.7 Å². The van der Waals surface area contributed by atoms with Gasteiger partial charge in [-0.15, -0.1) is 0 Å². The van der Waals surface area contributed by atoms with Crippen molar-refractivity contribution in [2.75, 3.05) is 0 Å². The van der Waals surface area contributed by atoms with Crippen LogP contribution in [0, 0.1) is 5.92 Å². The van der Waals surface area contributed by atoms with Crippen molar-refractivity contribution in [1.82, 2.24) is 16.0 Å². The summed E-state index contributed by atoms with van der Waals surface area (Å²) >= 11 is 0. The average molecular weight is 679 g/mol. The van der Waals surface area contributed by atoms with E-state index in [9.17, 15) is 33.7 Å². The first-order chi connectivity index (χ1) is 21.6. The monoisotopic (exact) mass is 678 g/mol. The van der Waals surface area contributed by atoms with Gasteiger partial charge >= 0.3 is 31.8 Å². The highest BCUT2D eigenvalue weighted by molar-refractivity contribution is 7.53. The predicted octanol–water partition coefficient (Wildman–Crippen LogP) is 5.96. The fourth-order valence-electron chi connectivity index (χ4n) is 3.75. The third-order valence-corrected chi connectivity index (χ3v) is 7.54. The Labute approximate surface area is 273 Å². The minimum absolute atomic E-state index is 0.00950. The van der Waals surface area contributed by atoms with E-state index in [1.54, 1.807) is 71.9 Å². The summed E-state index contributed by atoms with van der Waals surface area (Å²) < 4.78 is 34.3. The van der Waals surface area contributed by atoms with E-state index in [1.165, 1.54) is 38.1 Å². The number of nitrogens with one attached hydrogen (secondary N) is 3. The molecule has 0 spiro atoms. The maximum absolute atomic E-state index is 13.4. The van der Waals surface area contributed by atoms with Gasteiger partial charge in [0, 0.05) is 0 Å². The summed E-state index contributed by atoms with van der Waals surface area (Å²) in [6, 6.07) is 14.1. The van der Waals surface area contributed by atoms with E-state index < -0.39 is 66.8 Å². The van der Waals surface area contributed by atoms with Gasteiger partial charge in [-0.1, -0.05) is 56.3 Å². The van der Waals surface area contributed by atoms with Crippen LogP contribution in [0.1, 0.15) is 72.6 Å². The SMILES string of the molecule is CC(C)C(NC(=O)OCc1ccccc1)P(=O)(O)OC(C(=O)O)c1cccc(N=C(NC(=O)OC(C)(C)C)NC(=O)OC(C)(C)C)c1. The number of carbonyl (C=O) groups excluding carboxylic acids is 3. The van der Waals surface area contributed by atoms with Crippen molar-refractivity contribution >= 4 is 43.5 Å². The van der Waals surface area contributed by atoms with Gasteiger partial charge in [0.15, 0.2) is 6.10 Å². The number of alkyl carbamates (subject to hydrolysis) is 3. The summed E-state index contributed by atoms with van der Waals surface area (Å²) in [5.74, 6) is -4.24. The first-order valence-corrected chi connectivity index (χ1v) is 16.2. The number of aliphatic carboxylic acids is 1. The molecule has 0 fully saturated rings. The van der Waals surface area contributed by atoms with Crippen LogP contribution in [0.25, 0.3) is 0 Å². The molecule has 5 N–H and O–H groups in total. The van der Waals surface area contributed by atoms with Crippen LogP contribution in [0.15, 0.2) is 59.6 Å². The first-order valence-electron chi connectivity index (χ1n) is 14.5. The van der Waals surface area contributed by atoms with Gasteiger partial charge in [-0.25, -0.2) is 24.2 Å². The van der Waals surface area contributed by atoms with E-state index >= 15 is 0 Å². The molecule has 47 heavy (non-hydrogen) atoms. The lowest BCUT2D eigenvalue weighted by molar-refractivity contribution is -0.145. The lowest BCUT2D eigenvalue weighted by Crippen LogP contribution is -2.47. The first kappa shape index (κ1) is 38.7. The lowest BCUT2D eigenvalue weighted by Gasteiger charge is -2.28. The summed E-state index contributed by atoms with van der Waals surface area (Å²) in [6.45, 7) is 12.8. The van der Waals surface area contributed by atoms with Crippen molar-refractivity contribution < 1.29 is 52.5 Å². The van der Waals surface area contributed by atoms with Gasteiger partial charge in [0.25, 0.3) is 0 Å². The molecular weight excluding hydrogens is 635 g/mol. The Morgan fingerprint density at radius 3 is 1.89 bits per heavy atom. The zero-order chi connectivity index (χ0) is 35.6. The summed E-state index contributed by atoms with van der Waals surface area (Å²) in [7, 11) is -4.88. The fourth-order valence-corrected chi connectivity index (χ4v) is 5.42. The van der Waals surface area contributed by atoms with Crippen molar-refractivity contribution in [1.29, 1.82) is 0 Å². The van der Waals surface area contributed by atoms with Crippen molar-refractivity contribution in [2.45, 2.75) is 85.1 Å². The smallest absolute Gasteiger partial charge is 0.414 e. The number of carboxylic acids is 1. The van der Waals surface area contributed by atoms with Crippen LogP contribution in [0.4, 0.5) is 20.1 Å². The van der Waals surface area contributed by atoms with Gasteiger partial charge in [0.05, 0.1) is 5.69 Å². The highest BCUT2D eigenvalue weighted by Gasteiger charge is 2.41. The zero-order valence-electron chi connectivity index (χ0n) is 27.6. The Balaban J connectivity index is 2.34. The average Bonchev–Trinajstić information content (AvgIpc) is 2.91. The molecule has 258 valence electrons. The molecule has 0 heterocycles. The summed E-state index contributed by atoms with van der Waals surface area (Å²) in [4.78, 5) is 64.8. The Morgan fingerprint density at radius 1 is 0.851 bits per heavy atom. The van der Waals surface area contributed by atoms with Crippen LogP contribution in [-0.4, -0.2) is 57.2 Å². The van der Waals surface area contributed by atoms with Crippen LogP contribution >= 0.6 is 7.60 Å². The number of nitrogens with zero attached hydrogens (tertiary/aromatic N) is 1. The molecule has 16 heteroatoms. The van der Waals surface area contributed by atoms with Crippen molar-refractivity contribution in [3.8, 4) is 0 Å². The van der Waals surface area contributed by atoms with Crippen molar-refractivity contribution in [3.63, 3.8) is 0 Å². The number of guanidine groups is 1. The number of rotatable bonds is 10. The number of amides is 3. The fraction of sp³-hybridized carbons (Fsp3) is 0.452. The molecule has 0 radical (unpaired) electrons. The van der Waals surface area contributed by atoms with Crippen LogP contribution in [0.2, 0.25) is 0 Å². The Bertz CT molecular complexity index is 1450. The van der Waals surface area contributed by atoms with Crippen LogP contribution in [0.5, 0.6) is 0 Å². The maximum atomic E-state index is 13.4. The van der Waals surface area contributed by atoms with E-state index in [0.717, 1.165) is 0 Å². The van der Waals surface area contributed by atoms with E-state index in [2.05, 4.69) is 20.9 Å². The molecule has 2 aromatic rings. The van der Waals surface area contributed by atoms with Crippen molar-refractivity contribution in [2.24, 2.45) is 10.9 Å². The molecule has 0 aliphatic rings. The molecule has 0 saturated carbocycles. The number of carboxylic acid groups (broad SMARTS) is 1. The minimum atomic E-state index is -4.88. The quantitative estimate of drug-likeness (QED) is 0.0856. The number of hydrogen-bond acceptors (Lipinski definition) is 10. The Morgan fingerprint density at radius 2 is 1.40 bits per heavy atom. The molecule has 0 saturated heterocycles. The highest BCUT2D eigenvalue weighted by atomic mass is 31.2. The number of carbonyl (C=O) groups is 4. The summed E-state index contributed by atoms with van der Waals surface area (Å²) in [6.07, 6.45) is -4.90. The maximum Gasteiger partial charge on any atom is 0.414 e. The number of ether oxygens (including phenoxy) is 3. The molecule has 0 aromatic heterocycles. The lowest BCUT2D eigenvalue weighted by atomic mass is 10.1. The number of aliphatic imine (C=N–C) groups is 1. The standard InChI is InChI=1S/C31H43N4O11P/c1-19(2)24(33-27(38)43-18-20-13-10-9-11-14-20)47(41,42)46-23(25(36)37)21-15-12-16-22(17-21)32-26(34-28(39)44-30(3,4)5)35-29(40)45-31(6,7)8/h9-17,19,23-24H,18H2,1-8H3,(H,33,38)(H,36,37)(H,41,42)(H2,32,34,35,39,40). The van der Waals surface area contributed by atoms with E-state index in [-0.39, 0.29) is 17.9 Å². The Hall–Kier alpha value is -4.46. The minimum Gasteiger partial charge on any atom is -0.479 e. The normalized spacial score (nSPS) is 14.1. The Kier molecular flexibility index (Phi) is 13.5. The van der Waals surface area contributed by atoms with Crippen LogP contribution in [-0.2, 0) is 34.7 Å². The predicted molar refractivity (Wildman–Crippen MR) is 172 cm³/mol. The second-order valence-corrected chi connectivity index (χ2v) is 14.5.